The summed E-state index contributed by atoms with van der Waals surface area (Å²) in [7, 11) is 4.16. The van der Waals surface area contributed by atoms with Gasteiger partial charge in [-0.15, -0.1) is 0 Å². The first-order chi connectivity index (χ1) is 8.97. The van der Waals surface area contributed by atoms with E-state index in [1.165, 1.54) is 5.57 Å². The maximum atomic E-state index is 5.87. The summed E-state index contributed by atoms with van der Waals surface area (Å²) >= 11 is 0. The van der Waals surface area contributed by atoms with Gasteiger partial charge >= 0.3 is 0 Å². The fourth-order valence-corrected chi connectivity index (χ4v) is 2.55. The van der Waals surface area contributed by atoms with E-state index in [4.69, 9.17) is 4.74 Å². The number of nitrogens with one attached hydrogen (secondary N) is 1. The molecule has 2 heterocycles. The summed E-state index contributed by atoms with van der Waals surface area (Å²) in [5.74, 6) is 0.931. The number of aliphatic imine (C=N–C) groups is 1. The molecule has 1 N–H and O–H groups in total. The summed E-state index contributed by atoms with van der Waals surface area (Å²) in [6.07, 6.45) is 3.57. The van der Waals surface area contributed by atoms with E-state index in [1.807, 2.05) is 0 Å². The number of rotatable bonds is 4. The molecular weight excluding hydrogens is 238 g/mol. The van der Waals surface area contributed by atoms with Gasteiger partial charge in [-0.25, -0.2) is 4.99 Å². The lowest BCUT2D eigenvalue weighted by atomic mass is 10.0. The van der Waals surface area contributed by atoms with Crippen molar-refractivity contribution in [1.29, 1.82) is 0 Å². The Morgan fingerprint density at radius 1 is 1.42 bits per heavy atom. The van der Waals surface area contributed by atoms with Crippen LogP contribution in [0.15, 0.2) is 28.5 Å². The molecule has 2 aliphatic heterocycles. The van der Waals surface area contributed by atoms with E-state index < -0.39 is 0 Å². The van der Waals surface area contributed by atoms with Crippen molar-refractivity contribution in [3.05, 3.63) is 23.5 Å². The van der Waals surface area contributed by atoms with Gasteiger partial charge < -0.3 is 15.0 Å². The largest absolute Gasteiger partial charge is 0.367 e. The van der Waals surface area contributed by atoms with E-state index in [1.54, 1.807) is 0 Å². The number of ether oxygens (including phenoxy) is 1. The van der Waals surface area contributed by atoms with Crippen molar-refractivity contribution in [2.24, 2.45) is 4.99 Å². The van der Waals surface area contributed by atoms with Crippen LogP contribution < -0.4 is 5.32 Å². The molecule has 0 aromatic carbocycles. The first-order valence-electron chi connectivity index (χ1n) is 7.02. The number of nitrogens with zero attached hydrogens (tertiary/aromatic N) is 2. The van der Waals surface area contributed by atoms with Gasteiger partial charge in [0.2, 0.25) is 0 Å². The maximum Gasteiger partial charge on any atom is 0.135 e. The van der Waals surface area contributed by atoms with Crippen LogP contribution in [0.4, 0.5) is 0 Å². The van der Waals surface area contributed by atoms with Crippen LogP contribution in [0.1, 0.15) is 33.1 Å². The number of allylic oxidation sites excluding steroid dienone is 2. The Balaban J connectivity index is 2.09. The molecule has 0 radical (unpaired) electrons. The quantitative estimate of drug-likeness (QED) is 0.845. The average Bonchev–Trinajstić information content (AvgIpc) is 2.74. The standard InChI is InChI=1S/C15H25N3O/c1-10-6-7-14(19-10)15-16-11(2)13(12(3)17-15)8-9-18(4)5/h10,14H,2,6-9H2,1,3-5H3,(H,16,17). The molecular formula is C15H25N3O. The van der Waals surface area contributed by atoms with Gasteiger partial charge in [-0.2, -0.15) is 0 Å². The van der Waals surface area contributed by atoms with Gasteiger partial charge in [0.15, 0.2) is 0 Å². The fourth-order valence-electron chi connectivity index (χ4n) is 2.55. The van der Waals surface area contributed by atoms with Crippen LogP contribution in [0.3, 0.4) is 0 Å². The Labute approximate surface area is 116 Å². The molecule has 1 fully saturated rings. The minimum atomic E-state index is 0.108. The van der Waals surface area contributed by atoms with Gasteiger partial charge in [-0.05, 0) is 52.8 Å². The molecule has 1 saturated heterocycles. The maximum absolute atomic E-state index is 5.87. The monoisotopic (exact) mass is 263 g/mol. The first kappa shape index (κ1) is 14.3. The van der Waals surface area contributed by atoms with Crippen LogP contribution in [0.25, 0.3) is 0 Å². The van der Waals surface area contributed by atoms with E-state index in [0.717, 1.165) is 43.0 Å². The lowest BCUT2D eigenvalue weighted by molar-refractivity contribution is 0.0919. The minimum absolute atomic E-state index is 0.108. The Morgan fingerprint density at radius 3 is 2.68 bits per heavy atom. The second-order valence-electron chi connectivity index (χ2n) is 5.73. The van der Waals surface area contributed by atoms with Crippen LogP contribution in [-0.2, 0) is 4.74 Å². The third kappa shape index (κ3) is 3.45. The highest BCUT2D eigenvalue weighted by Gasteiger charge is 2.29. The van der Waals surface area contributed by atoms with Crippen LogP contribution >= 0.6 is 0 Å². The van der Waals surface area contributed by atoms with Gasteiger partial charge in [0.25, 0.3) is 0 Å². The lowest BCUT2D eigenvalue weighted by Crippen LogP contribution is -2.37. The van der Waals surface area contributed by atoms with Gasteiger partial charge in [0.1, 0.15) is 11.9 Å². The third-order valence-electron chi connectivity index (χ3n) is 3.71. The topological polar surface area (TPSA) is 36.9 Å². The average molecular weight is 263 g/mol. The van der Waals surface area contributed by atoms with E-state index in [2.05, 4.69) is 49.7 Å². The molecule has 0 bridgehead atoms. The molecule has 0 amide bonds. The molecule has 0 aromatic rings. The molecule has 106 valence electrons. The zero-order valence-electron chi connectivity index (χ0n) is 12.5. The Bertz CT molecular complexity index is 423. The lowest BCUT2D eigenvalue weighted by Gasteiger charge is -2.25. The van der Waals surface area contributed by atoms with E-state index in [9.17, 15) is 0 Å². The van der Waals surface area contributed by atoms with Crippen molar-refractivity contribution in [2.45, 2.75) is 45.3 Å². The Morgan fingerprint density at radius 2 is 2.16 bits per heavy atom. The third-order valence-corrected chi connectivity index (χ3v) is 3.71. The fraction of sp³-hybridized carbons (Fsp3) is 0.667. The second kappa shape index (κ2) is 5.88. The van der Waals surface area contributed by atoms with Crippen molar-refractivity contribution in [3.63, 3.8) is 0 Å². The molecule has 19 heavy (non-hydrogen) atoms. The van der Waals surface area contributed by atoms with Crippen LogP contribution in [0.5, 0.6) is 0 Å². The Kier molecular flexibility index (Phi) is 4.42. The number of amidine groups is 1. The van der Waals surface area contributed by atoms with Gasteiger partial charge in [-0.1, -0.05) is 6.58 Å². The van der Waals surface area contributed by atoms with Crippen molar-refractivity contribution in [3.8, 4) is 0 Å². The summed E-state index contributed by atoms with van der Waals surface area (Å²) in [5.41, 5.74) is 3.28. The summed E-state index contributed by atoms with van der Waals surface area (Å²) < 4.78 is 5.87. The zero-order valence-corrected chi connectivity index (χ0v) is 12.5. The highest BCUT2D eigenvalue weighted by atomic mass is 16.5. The van der Waals surface area contributed by atoms with Crippen molar-refractivity contribution >= 4 is 5.84 Å². The summed E-state index contributed by atoms with van der Waals surface area (Å²) in [6, 6.07) is 0. The predicted molar refractivity (Wildman–Crippen MR) is 79.2 cm³/mol. The zero-order chi connectivity index (χ0) is 14.0. The van der Waals surface area contributed by atoms with Crippen LogP contribution in [-0.4, -0.2) is 43.6 Å². The molecule has 0 spiro atoms. The number of hydrogen-bond acceptors (Lipinski definition) is 4. The van der Waals surface area contributed by atoms with Gasteiger partial charge in [-0.3, -0.25) is 0 Å². The molecule has 2 rings (SSSR count). The highest BCUT2D eigenvalue weighted by Crippen LogP contribution is 2.26. The summed E-state index contributed by atoms with van der Waals surface area (Å²) in [5, 5.41) is 3.34. The molecule has 4 nitrogen and oxygen atoms in total. The molecule has 4 heteroatoms. The molecule has 2 atom stereocenters. The summed E-state index contributed by atoms with van der Waals surface area (Å²) in [6.45, 7) is 9.33. The molecule has 2 aliphatic rings. The van der Waals surface area contributed by atoms with Crippen LogP contribution in [0.2, 0.25) is 0 Å². The van der Waals surface area contributed by atoms with Crippen molar-refractivity contribution in [2.75, 3.05) is 20.6 Å². The van der Waals surface area contributed by atoms with Crippen molar-refractivity contribution in [1.82, 2.24) is 10.2 Å². The van der Waals surface area contributed by atoms with E-state index in [-0.39, 0.29) is 6.10 Å². The normalized spacial score (nSPS) is 27.8. The molecule has 0 aromatic heterocycles. The predicted octanol–water partition coefficient (Wildman–Crippen LogP) is 2.29. The van der Waals surface area contributed by atoms with E-state index in [0.29, 0.717) is 6.10 Å². The Hall–Kier alpha value is -1.13. The van der Waals surface area contributed by atoms with Gasteiger partial charge in [0, 0.05) is 17.9 Å². The highest BCUT2D eigenvalue weighted by molar-refractivity contribution is 5.91. The van der Waals surface area contributed by atoms with Crippen molar-refractivity contribution < 1.29 is 4.74 Å². The molecule has 0 saturated carbocycles. The van der Waals surface area contributed by atoms with E-state index >= 15 is 0 Å². The first-order valence-corrected chi connectivity index (χ1v) is 7.02. The van der Waals surface area contributed by atoms with Gasteiger partial charge in [0.05, 0.1) is 6.10 Å². The molecule has 2 unspecified atom stereocenters. The minimum Gasteiger partial charge on any atom is -0.367 e. The second-order valence-corrected chi connectivity index (χ2v) is 5.73. The number of hydrogen-bond donors (Lipinski definition) is 1. The SMILES string of the molecule is C=C1NC(C2CCC(C)O2)=NC(C)=C1CCN(C)C. The van der Waals surface area contributed by atoms with Crippen LogP contribution in [0, 0.1) is 0 Å². The molecule has 0 aliphatic carbocycles. The smallest absolute Gasteiger partial charge is 0.135 e. The summed E-state index contributed by atoms with van der Waals surface area (Å²) in [4.78, 5) is 6.86.